The minimum Gasteiger partial charge on any atom is -0.367 e. The van der Waals surface area contributed by atoms with Gasteiger partial charge in [-0.05, 0) is 30.9 Å². The van der Waals surface area contributed by atoms with E-state index in [1.165, 1.54) is 6.42 Å². The first-order valence-electron chi connectivity index (χ1n) is 5.37. The van der Waals surface area contributed by atoms with Crippen LogP contribution < -0.4 is 11.1 Å². The number of amides is 1. The Morgan fingerprint density at radius 2 is 2.40 bits per heavy atom. The van der Waals surface area contributed by atoms with E-state index in [1.54, 1.807) is 18.5 Å². The predicted molar refractivity (Wildman–Crippen MR) is 58.5 cm³/mol. The third-order valence-electron chi connectivity index (χ3n) is 3.33. The largest absolute Gasteiger partial charge is 0.367 e. The van der Waals surface area contributed by atoms with E-state index < -0.39 is 0 Å². The lowest BCUT2D eigenvalue weighted by molar-refractivity contribution is 0.0876. The summed E-state index contributed by atoms with van der Waals surface area (Å²) in [7, 11) is 0. The van der Waals surface area contributed by atoms with Crippen LogP contribution in [-0.2, 0) is 0 Å². The number of H-pyrrole nitrogens is 1. The molecule has 15 heavy (non-hydrogen) atoms. The van der Waals surface area contributed by atoms with E-state index in [2.05, 4.69) is 10.3 Å². The second-order valence-corrected chi connectivity index (χ2v) is 4.34. The molecular weight excluding hydrogens is 190 g/mol. The summed E-state index contributed by atoms with van der Waals surface area (Å²) in [5.41, 5.74) is 6.57. The van der Waals surface area contributed by atoms with Crippen molar-refractivity contribution in [1.82, 2.24) is 10.3 Å². The van der Waals surface area contributed by atoms with Crippen molar-refractivity contribution in [2.24, 2.45) is 11.1 Å². The lowest BCUT2D eigenvalue weighted by atomic mass is 9.69. The number of aromatic amines is 1. The summed E-state index contributed by atoms with van der Waals surface area (Å²) in [5, 5.41) is 2.94. The number of carbonyl (C=O) groups excluding carboxylic acids is 1. The number of rotatable bonds is 4. The van der Waals surface area contributed by atoms with E-state index in [9.17, 15) is 4.79 Å². The Hall–Kier alpha value is -1.29. The Balaban J connectivity index is 1.85. The first kappa shape index (κ1) is 10.2. The SMILES string of the molecule is NCC1(CNC(=O)c2cc[nH]c2)CCC1. The molecule has 0 unspecified atom stereocenters. The number of aromatic nitrogens is 1. The highest BCUT2D eigenvalue weighted by Gasteiger charge is 2.35. The molecule has 1 aliphatic rings. The first-order chi connectivity index (χ1) is 7.26. The van der Waals surface area contributed by atoms with Crippen LogP contribution in [0.5, 0.6) is 0 Å². The molecule has 1 amide bonds. The van der Waals surface area contributed by atoms with Crippen LogP contribution in [0.3, 0.4) is 0 Å². The van der Waals surface area contributed by atoms with Gasteiger partial charge in [0.25, 0.3) is 5.91 Å². The number of hydrogen-bond acceptors (Lipinski definition) is 2. The Labute approximate surface area is 89.2 Å². The zero-order valence-electron chi connectivity index (χ0n) is 8.75. The summed E-state index contributed by atoms with van der Waals surface area (Å²) < 4.78 is 0. The molecular formula is C11H17N3O. The molecule has 4 heteroatoms. The molecule has 1 fully saturated rings. The summed E-state index contributed by atoms with van der Waals surface area (Å²) in [5.74, 6) is -0.0176. The van der Waals surface area contributed by atoms with Crippen LogP contribution in [0.15, 0.2) is 18.5 Å². The van der Waals surface area contributed by atoms with Gasteiger partial charge >= 0.3 is 0 Å². The van der Waals surface area contributed by atoms with Gasteiger partial charge in [0.15, 0.2) is 0 Å². The number of nitrogens with one attached hydrogen (secondary N) is 2. The van der Waals surface area contributed by atoms with Crippen molar-refractivity contribution in [3.8, 4) is 0 Å². The Morgan fingerprint density at radius 3 is 2.87 bits per heavy atom. The maximum Gasteiger partial charge on any atom is 0.252 e. The van der Waals surface area contributed by atoms with Gasteiger partial charge in [-0.25, -0.2) is 0 Å². The number of hydrogen-bond donors (Lipinski definition) is 3. The fraction of sp³-hybridized carbons (Fsp3) is 0.545. The first-order valence-corrected chi connectivity index (χ1v) is 5.37. The lowest BCUT2D eigenvalue weighted by Gasteiger charge is -2.40. The van der Waals surface area contributed by atoms with Crippen molar-refractivity contribution in [2.45, 2.75) is 19.3 Å². The van der Waals surface area contributed by atoms with Crippen molar-refractivity contribution < 1.29 is 4.79 Å². The smallest absolute Gasteiger partial charge is 0.252 e. The number of nitrogens with two attached hydrogens (primary N) is 1. The molecule has 0 aromatic carbocycles. The molecule has 1 saturated carbocycles. The van der Waals surface area contributed by atoms with E-state index >= 15 is 0 Å². The zero-order valence-corrected chi connectivity index (χ0v) is 8.75. The average molecular weight is 207 g/mol. The highest BCUT2D eigenvalue weighted by molar-refractivity contribution is 5.93. The quantitative estimate of drug-likeness (QED) is 0.685. The third kappa shape index (κ3) is 2.04. The maximum absolute atomic E-state index is 11.6. The van der Waals surface area contributed by atoms with Gasteiger partial charge in [-0.1, -0.05) is 6.42 Å². The van der Waals surface area contributed by atoms with E-state index in [0.717, 1.165) is 12.8 Å². The molecule has 0 bridgehead atoms. The highest BCUT2D eigenvalue weighted by Crippen LogP contribution is 2.39. The summed E-state index contributed by atoms with van der Waals surface area (Å²) in [6.07, 6.45) is 6.95. The van der Waals surface area contributed by atoms with E-state index in [4.69, 9.17) is 5.73 Å². The zero-order chi connectivity index (χ0) is 10.7. The van der Waals surface area contributed by atoms with Gasteiger partial charge in [0.1, 0.15) is 0 Å². The topological polar surface area (TPSA) is 70.9 Å². The average Bonchev–Trinajstić information content (AvgIpc) is 2.69. The van der Waals surface area contributed by atoms with Crippen molar-refractivity contribution >= 4 is 5.91 Å². The van der Waals surface area contributed by atoms with Crippen LogP contribution in [-0.4, -0.2) is 24.0 Å². The molecule has 0 radical (unpaired) electrons. The summed E-state index contributed by atoms with van der Waals surface area (Å²) in [6.45, 7) is 1.37. The van der Waals surface area contributed by atoms with E-state index in [1.807, 2.05) is 0 Å². The third-order valence-corrected chi connectivity index (χ3v) is 3.33. The minimum atomic E-state index is -0.0176. The van der Waals surface area contributed by atoms with Crippen LogP contribution in [0.1, 0.15) is 29.6 Å². The maximum atomic E-state index is 11.6. The Kier molecular flexibility index (Phi) is 2.77. The van der Waals surface area contributed by atoms with Crippen LogP contribution in [0.2, 0.25) is 0 Å². The van der Waals surface area contributed by atoms with Gasteiger partial charge in [-0.3, -0.25) is 4.79 Å². The second kappa shape index (κ2) is 4.06. The molecule has 0 spiro atoms. The van der Waals surface area contributed by atoms with Gasteiger partial charge in [-0.2, -0.15) is 0 Å². The predicted octanol–water partition coefficient (Wildman–Crippen LogP) is 0.873. The van der Waals surface area contributed by atoms with Gasteiger partial charge in [-0.15, -0.1) is 0 Å². The normalized spacial score (nSPS) is 18.2. The van der Waals surface area contributed by atoms with Crippen LogP contribution in [0.4, 0.5) is 0 Å². The molecule has 0 aliphatic heterocycles. The Morgan fingerprint density at radius 1 is 1.60 bits per heavy atom. The van der Waals surface area contributed by atoms with Crippen LogP contribution in [0, 0.1) is 5.41 Å². The minimum absolute atomic E-state index is 0.0176. The van der Waals surface area contributed by atoms with E-state index in [-0.39, 0.29) is 11.3 Å². The molecule has 1 aromatic heterocycles. The van der Waals surface area contributed by atoms with Gasteiger partial charge in [0.05, 0.1) is 5.56 Å². The Bertz CT molecular complexity index is 322. The van der Waals surface area contributed by atoms with Crippen LogP contribution in [0.25, 0.3) is 0 Å². The molecule has 4 N–H and O–H groups in total. The van der Waals surface area contributed by atoms with Crippen molar-refractivity contribution in [3.05, 3.63) is 24.0 Å². The molecule has 1 heterocycles. The number of carbonyl (C=O) groups is 1. The molecule has 4 nitrogen and oxygen atoms in total. The molecule has 0 saturated heterocycles. The monoisotopic (exact) mass is 207 g/mol. The van der Waals surface area contributed by atoms with Crippen LogP contribution >= 0.6 is 0 Å². The van der Waals surface area contributed by atoms with Gasteiger partial charge < -0.3 is 16.0 Å². The summed E-state index contributed by atoms with van der Waals surface area (Å²) in [6, 6.07) is 1.77. The molecule has 2 rings (SSSR count). The van der Waals surface area contributed by atoms with Gasteiger partial charge in [0, 0.05) is 18.9 Å². The summed E-state index contributed by atoms with van der Waals surface area (Å²) in [4.78, 5) is 14.5. The fourth-order valence-corrected chi connectivity index (χ4v) is 1.96. The lowest BCUT2D eigenvalue weighted by Crippen LogP contribution is -2.46. The molecule has 1 aliphatic carbocycles. The summed E-state index contributed by atoms with van der Waals surface area (Å²) >= 11 is 0. The van der Waals surface area contributed by atoms with Crippen molar-refractivity contribution in [1.29, 1.82) is 0 Å². The molecule has 82 valence electrons. The fourth-order valence-electron chi connectivity index (χ4n) is 1.96. The highest BCUT2D eigenvalue weighted by atomic mass is 16.1. The van der Waals surface area contributed by atoms with Crippen molar-refractivity contribution in [2.75, 3.05) is 13.1 Å². The second-order valence-electron chi connectivity index (χ2n) is 4.34. The standard InChI is InChI=1S/C11H17N3O/c12-7-11(3-1-4-11)8-14-10(15)9-2-5-13-6-9/h2,5-6,13H,1,3-4,7-8,12H2,(H,14,15). The van der Waals surface area contributed by atoms with Crippen molar-refractivity contribution in [3.63, 3.8) is 0 Å². The molecule has 1 aromatic rings. The molecule has 0 atom stereocenters. The van der Waals surface area contributed by atoms with E-state index in [0.29, 0.717) is 18.7 Å². The van der Waals surface area contributed by atoms with Gasteiger partial charge in [0.2, 0.25) is 0 Å².